The van der Waals surface area contributed by atoms with E-state index in [1.807, 2.05) is 45.2 Å². The molecule has 3 heterocycles. The van der Waals surface area contributed by atoms with E-state index in [2.05, 4.69) is 10.1 Å². The van der Waals surface area contributed by atoms with E-state index in [9.17, 15) is 9.18 Å². The zero-order valence-electron chi connectivity index (χ0n) is 20.2. The van der Waals surface area contributed by atoms with Crippen molar-refractivity contribution in [3.05, 3.63) is 70.4 Å². The van der Waals surface area contributed by atoms with Crippen molar-refractivity contribution in [2.45, 2.75) is 39.0 Å². The Morgan fingerprint density at radius 1 is 1.31 bits per heavy atom. The summed E-state index contributed by atoms with van der Waals surface area (Å²) in [6.07, 6.45) is 2.07. The molecule has 1 aliphatic rings. The Labute approximate surface area is 212 Å². The molecule has 0 bridgehead atoms. The molecule has 0 aliphatic carbocycles. The monoisotopic (exact) mass is 508 g/mol. The molecule has 2 aromatic carbocycles. The summed E-state index contributed by atoms with van der Waals surface area (Å²) in [7, 11) is 1.83. The maximum Gasteiger partial charge on any atom is 0.240 e. The molecule has 2 atom stereocenters. The number of nitrogens with zero attached hydrogens (tertiary/aromatic N) is 5. The lowest BCUT2D eigenvalue weighted by molar-refractivity contribution is -0.130. The predicted molar refractivity (Wildman–Crippen MR) is 135 cm³/mol. The van der Waals surface area contributed by atoms with Gasteiger partial charge in [-0.15, -0.1) is 0 Å². The summed E-state index contributed by atoms with van der Waals surface area (Å²) >= 11 is 6.49. The normalized spacial score (nSPS) is 16.7. The summed E-state index contributed by atoms with van der Waals surface area (Å²) in [5.41, 5.74) is 9.46. The lowest BCUT2D eigenvalue weighted by Crippen LogP contribution is -2.36. The number of ether oxygens (including phenoxy) is 1. The molecular weight excluding hydrogens is 483 g/mol. The second-order valence-electron chi connectivity index (χ2n) is 9.02. The number of fused-ring (bicyclic) bond motifs is 1. The topological polar surface area (TPSA) is 99.2 Å². The van der Waals surface area contributed by atoms with Crippen LogP contribution in [0.15, 0.2) is 42.7 Å². The highest BCUT2D eigenvalue weighted by atomic mass is 35.5. The summed E-state index contributed by atoms with van der Waals surface area (Å²) in [5.74, 6) is 0.642. The molecule has 4 aromatic rings. The molecule has 36 heavy (non-hydrogen) atoms. The van der Waals surface area contributed by atoms with Gasteiger partial charge in [0, 0.05) is 35.8 Å². The maximum atomic E-state index is 14.4. The van der Waals surface area contributed by atoms with E-state index in [4.69, 9.17) is 27.1 Å². The van der Waals surface area contributed by atoms with Gasteiger partial charge in [-0.1, -0.05) is 23.7 Å². The molecule has 1 amide bonds. The van der Waals surface area contributed by atoms with Gasteiger partial charge in [0.25, 0.3) is 0 Å². The number of benzene rings is 2. The Kier molecular flexibility index (Phi) is 6.36. The minimum absolute atomic E-state index is 0.0703. The Bertz CT molecular complexity index is 1470. The largest absolute Gasteiger partial charge is 0.487 e. The van der Waals surface area contributed by atoms with Crippen molar-refractivity contribution in [2.24, 2.45) is 12.8 Å². The summed E-state index contributed by atoms with van der Waals surface area (Å²) in [4.78, 5) is 23.3. The average Bonchev–Trinajstić information content (AvgIpc) is 3.42. The van der Waals surface area contributed by atoms with Gasteiger partial charge in [0.05, 0.1) is 17.1 Å². The zero-order chi connectivity index (χ0) is 25.6. The predicted octanol–water partition coefficient (Wildman–Crippen LogP) is 4.33. The zero-order valence-corrected chi connectivity index (χ0v) is 21.0. The van der Waals surface area contributed by atoms with Crippen LogP contribution in [0.25, 0.3) is 22.3 Å². The number of pyridine rings is 1. The van der Waals surface area contributed by atoms with Crippen LogP contribution in [0.4, 0.5) is 4.39 Å². The first-order valence-electron chi connectivity index (χ1n) is 11.7. The third-order valence-electron chi connectivity index (χ3n) is 6.65. The number of amides is 1. The van der Waals surface area contributed by atoms with Gasteiger partial charge in [-0.2, -0.15) is 5.10 Å². The number of carbonyl (C=O) groups is 1. The summed E-state index contributed by atoms with van der Waals surface area (Å²) in [5, 5.41) is 5.29. The van der Waals surface area contributed by atoms with Crippen LogP contribution in [0, 0.1) is 12.7 Å². The first kappa shape index (κ1) is 24.1. The third-order valence-corrected chi connectivity index (χ3v) is 6.99. The van der Waals surface area contributed by atoms with Crippen LogP contribution >= 0.6 is 11.6 Å². The number of aromatic nitrogens is 4. The highest BCUT2D eigenvalue weighted by molar-refractivity contribution is 6.31. The van der Waals surface area contributed by atoms with E-state index in [1.54, 1.807) is 9.58 Å². The van der Waals surface area contributed by atoms with Crippen LogP contribution in [0.3, 0.4) is 0 Å². The minimum Gasteiger partial charge on any atom is -0.487 e. The van der Waals surface area contributed by atoms with Crippen LogP contribution in [-0.4, -0.2) is 43.1 Å². The van der Waals surface area contributed by atoms with Crippen molar-refractivity contribution in [3.63, 3.8) is 0 Å². The fraction of sp³-hybridized carbons (Fsp3) is 0.308. The number of para-hydroxylation sites is 1. The van der Waals surface area contributed by atoms with Gasteiger partial charge < -0.3 is 15.4 Å². The molecule has 186 valence electrons. The molecule has 1 fully saturated rings. The fourth-order valence-electron chi connectivity index (χ4n) is 4.77. The van der Waals surface area contributed by atoms with E-state index in [1.165, 1.54) is 18.5 Å². The fourth-order valence-corrected chi connectivity index (χ4v) is 5.04. The van der Waals surface area contributed by atoms with Gasteiger partial charge in [-0.3, -0.25) is 4.79 Å². The molecule has 1 saturated heterocycles. The Hall–Kier alpha value is -3.56. The molecular formula is C26H26ClFN6O2. The molecule has 2 N–H and O–H groups in total. The number of nitrogens with two attached hydrogens (primary N) is 1. The van der Waals surface area contributed by atoms with Gasteiger partial charge >= 0.3 is 0 Å². The highest BCUT2D eigenvalue weighted by Gasteiger charge is 2.33. The van der Waals surface area contributed by atoms with Crippen molar-refractivity contribution in [1.82, 2.24) is 24.6 Å². The SMILES string of the molecule is Cc1cc(-c2ncnn2C)c2cccc(OCc3c(Cl)cc(F)cc3[C@H](C)N3CC[C@H](N)C3=O)c2n1. The molecule has 5 rings (SSSR count). The molecule has 1 aliphatic heterocycles. The van der Waals surface area contributed by atoms with Gasteiger partial charge in [0.15, 0.2) is 5.82 Å². The summed E-state index contributed by atoms with van der Waals surface area (Å²) in [6, 6.07) is 9.35. The van der Waals surface area contributed by atoms with Crippen molar-refractivity contribution in [1.29, 1.82) is 0 Å². The molecule has 10 heteroatoms. The summed E-state index contributed by atoms with van der Waals surface area (Å²) < 4.78 is 22.3. The quantitative estimate of drug-likeness (QED) is 0.416. The number of halogens is 2. The third kappa shape index (κ3) is 4.29. The van der Waals surface area contributed by atoms with E-state index >= 15 is 0 Å². The molecule has 2 aromatic heterocycles. The van der Waals surface area contributed by atoms with Crippen LogP contribution in [0.5, 0.6) is 5.75 Å². The number of likely N-dealkylation sites (tertiary alicyclic amines) is 1. The lowest BCUT2D eigenvalue weighted by atomic mass is 10.00. The number of aryl methyl sites for hydroxylation is 2. The number of rotatable bonds is 6. The average molecular weight is 509 g/mol. The van der Waals surface area contributed by atoms with E-state index in [-0.39, 0.29) is 17.5 Å². The Balaban J connectivity index is 1.52. The Morgan fingerprint density at radius 3 is 2.81 bits per heavy atom. The standard InChI is InChI=1S/C26H26ClFN6O2/c1-14-9-19(25-30-13-31-33(25)3)17-5-4-6-23(24(17)32-14)36-12-20-18(10-16(28)11-21(20)27)15(2)34-8-7-22(29)26(34)35/h4-6,9-11,13,15,22H,7-8,12,29H2,1-3H3/t15-,22-/m0/s1. The second kappa shape index (κ2) is 9.48. The molecule has 0 unspecified atom stereocenters. The summed E-state index contributed by atoms with van der Waals surface area (Å²) in [6.45, 7) is 4.33. The van der Waals surface area contributed by atoms with Gasteiger partial charge in [0.2, 0.25) is 5.91 Å². The minimum atomic E-state index is -0.538. The first-order valence-corrected chi connectivity index (χ1v) is 12.0. The first-order chi connectivity index (χ1) is 17.2. The number of hydrogen-bond donors (Lipinski definition) is 1. The molecule has 0 spiro atoms. The van der Waals surface area contributed by atoms with E-state index in [0.717, 1.165) is 16.6 Å². The van der Waals surface area contributed by atoms with Gasteiger partial charge in [-0.25, -0.2) is 19.0 Å². The Morgan fingerprint density at radius 2 is 2.11 bits per heavy atom. The van der Waals surface area contributed by atoms with Crippen molar-refractivity contribution in [3.8, 4) is 17.1 Å². The number of hydrogen-bond acceptors (Lipinski definition) is 6. The van der Waals surface area contributed by atoms with Crippen LogP contribution in [0.2, 0.25) is 5.02 Å². The molecule has 0 radical (unpaired) electrons. The van der Waals surface area contributed by atoms with Crippen molar-refractivity contribution >= 4 is 28.4 Å². The molecule has 0 saturated carbocycles. The van der Waals surface area contributed by atoms with Crippen LogP contribution in [0.1, 0.15) is 36.2 Å². The molecule has 8 nitrogen and oxygen atoms in total. The van der Waals surface area contributed by atoms with Crippen molar-refractivity contribution < 1.29 is 13.9 Å². The lowest BCUT2D eigenvalue weighted by Gasteiger charge is -2.27. The number of carbonyl (C=O) groups excluding carboxylic acids is 1. The van der Waals surface area contributed by atoms with E-state index < -0.39 is 17.9 Å². The van der Waals surface area contributed by atoms with Gasteiger partial charge in [0.1, 0.15) is 30.0 Å². The maximum absolute atomic E-state index is 14.4. The second-order valence-corrected chi connectivity index (χ2v) is 9.42. The van der Waals surface area contributed by atoms with Crippen LogP contribution < -0.4 is 10.5 Å². The van der Waals surface area contributed by atoms with Crippen LogP contribution in [-0.2, 0) is 18.4 Å². The van der Waals surface area contributed by atoms with Gasteiger partial charge in [-0.05, 0) is 50.1 Å². The van der Waals surface area contributed by atoms with E-state index in [0.29, 0.717) is 41.2 Å². The smallest absolute Gasteiger partial charge is 0.240 e. The van der Waals surface area contributed by atoms with Crippen molar-refractivity contribution in [2.75, 3.05) is 6.54 Å². The highest BCUT2D eigenvalue weighted by Crippen LogP contribution is 2.35.